The van der Waals surface area contributed by atoms with Crippen molar-refractivity contribution in [2.45, 2.75) is 27.2 Å². The Labute approximate surface area is 119 Å². The number of hydrogen-bond donors (Lipinski definition) is 1. The number of aliphatic carboxylic acids is 1. The molecule has 1 saturated heterocycles. The molecule has 1 atom stereocenters. The van der Waals surface area contributed by atoms with E-state index in [-0.39, 0.29) is 13.1 Å². The summed E-state index contributed by atoms with van der Waals surface area (Å²) in [6, 6.07) is 0. The van der Waals surface area contributed by atoms with Gasteiger partial charge in [-0.2, -0.15) is 0 Å². The van der Waals surface area contributed by atoms with Crippen LogP contribution in [0.25, 0.3) is 0 Å². The topological polar surface area (TPSA) is 95.0 Å². The Morgan fingerprint density at radius 1 is 1.30 bits per heavy atom. The highest BCUT2D eigenvalue weighted by Crippen LogP contribution is 2.30. The van der Waals surface area contributed by atoms with E-state index in [0.29, 0.717) is 19.5 Å². The fourth-order valence-corrected chi connectivity index (χ4v) is 3.77. The number of carbonyl (C=O) groups excluding carboxylic acids is 1. The number of sulfonamides is 1. The fourth-order valence-electron chi connectivity index (χ4n) is 2.30. The van der Waals surface area contributed by atoms with E-state index >= 15 is 0 Å². The van der Waals surface area contributed by atoms with Crippen LogP contribution in [0, 0.1) is 5.41 Å². The Hall–Kier alpha value is -1.15. The van der Waals surface area contributed by atoms with Gasteiger partial charge in [-0.3, -0.25) is 9.59 Å². The number of hydrogen-bond acceptors (Lipinski definition) is 4. The summed E-state index contributed by atoms with van der Waals surface area (Å²) in [5, 5.41) is 9.10. The number of carboxylic acid groups (broad SMARTS) is 1. The van der Waals surface area contributed by atoms with Crippen molar-refractivity contribution in [2.24, 2.45) is 5.41 Å². The predicted molar refractivity (Wildman–Crippen MR) is 73.6 cm³/mol. The molecule has 1 fully saturated rings. The highest BCUT2D eigenvalue weighted by molar-refractivity contribution is 7.89. The second kappa shape index (κ2) is 6.09. The van der Waals surface area contributed by atoms with Gasteiger partial charge in [-0.05, 0) is 13.3 Å². The van der Waals surface area contributed by atoms with Gasteiger partial charge in [0.2, 0.25) is 15.9 Å². The molecule has 0 radical (unpaired) electrons. The molecule has 1 rings (SSSR count). The first kappa shape index (κ1) is 16.9. The normalized spacial score (nSPS) is 23.3. The zero-order valence-corrected chi connectivity index (χ0v) is 12.9. The first-order valence-electron chi connectivity index (χ1n) is 6.65. The van der Waals surface area contributed by atoms with Crippen LogP contribution in [0.1, 0.15) is 27.2 Å². The van der Waals surface area contributed by atoms with Crippen LogP contribution in [-0.2, 0) is 19.6 Å². The molecule has 1 aliphatic heterocycles. The van der Waals surface area contributed by atoms with Crippen LogP contribution in [0.3, 0.4) is 0 Å². The smallest absolute Gasteiger partial charge is 0.311 e. The summed E-state index contributed by atoms with van der Waals surface area (Å²) in [6.07, 6.45) is 0.347. The molecule has 1 N–H and O–H groups in total. The largest absolute Gasteiger partial charge is 0.481 e. The molecule has 1 heterocycles. The summed E-state index contributed by atoms with van der Waals surface area (Å²) < 4.78 is 25.3. The zero-order valence-electron chi connectivity index (χ0n) is 12.1. The van der Waals surface area contributed by atoms with Crippen molar-refractivity contribution in [3.8, 4) is 0 Å². The molecule has 7 nitrogen and oxygen atoms in total. The molecule has 0 aliphatic carbocycles. The molecule has 0 unspecified atom stereocenters. The molecule has 116 valence electrons. The molecule has 20 heavy (non-hydrogen) atoms. The maximum atomic E-state index is 12.0. The van der Waals surface area contributed by atoms with Crippen LogP contribution in [-0.4, -0.2) is 66.5 Å². The molecule has 0 saturated carbocycles. The molecule has 8 heteroatoms. The molecular weight excluding hydrogens is 284 g/mol. The average molecular weight is 306 g/mol. The third-order valence-electron chi connectivity index (χ3n) is 3.75. The van der Waals surface area contributed by atoms with E-state index in [9.17, 15) is 18.0 Å². The second-order valence-corrected chi connectivity index (χ2v) is 7.24. The van der Waals surface area contributed by atoms with Crippen LogP contribution in [0.2, 0.25) is 0 Å². The molecule has 0 aromatic heterocycles. The van der Waals surface area contributed by atoms with Crippen LogP contribution in [0.15, 0.2) is 0 Å². The first-order valence-corrected chi connectivity index (χ1v) is 8.26. The average Bonchev–Trinajstić information content (AvgIpc) is 2.74. The third kappa shape index (κ3) is 3.49. The summed E-state index contributed by atoms with van der Waals surface area (Å²) in [7, 11) is -3.62. The Kier molecular flexibility index (Phi) is 5.15. The quantitative estimate of drug-likeness (QED) is 0.744. The number of carboxylic acids is 1. The van der Waals surface area contributed by atoms with Crippen molar-refractivity contribution in [1.82, 2.24) is 9.21 Å². The lowest BCUT2D eigenvalue weighted by Gasteiger charge is -2.22. The number of likely N-dealkylation sites (tertiary alicyclic amines) is 1. The SMILES string of the molecule is CCN(CC)S(=O)(=O)CC(=O)N1CC[C@@](C)(C(=O)O)C1. The van der Waals surface area contributed by atoms with Gasteiger partial charge in [0.25, 0.3) is 0 Å². The standard InChI is InChI=1S/C12H22N2O5S/c1-4-14(5-2)20(18,19)8-10(15)13-7-6-12(3,9-13)11(16)17/h4-9H2,1-3H3,(H,16,17)/t12-/m1/s1. The van der Waals surface area contributed by atoms with Gasteiger partial charge in [0.05, 0.1) is 5.41 Å². The van der Waals surface area contributed by atoms with Gasteiger partial charge < -0.3 is 10.0 Å². The highest BCUT2D eigenvalue weighted by atomic mass is 32.2. The van der Waals surface area contributed by atoms with E-state index in [1.807, 2.05) is 0 Å². The van der Waals surface area contributed by atoms with E-state index < -0.39 is 33.1 Å². The second-order valence-electron chi connectivity index (χ2n) is 5.27. The van der Waals surface area contributed by atoms with E-state index in [1.165, 1.54) is 9.21 Å². The van der Waals surface area contributed by atoms with Gasteiger partial charge >= 0.3 is 5.97 Å². The fraction of sp³-hybridized carbons (Fsp3) is 0.833. The van der Waals surface area contributed by atoms with Gasteiger partial charge in [-0.25, -0.2) is 12.7 Å². The van der Waals surface area contributed by atoms with Gasteiger partial charge in [-0.1, -0.05) is 13.8 Å². The molecule has 1 aliphatic rings. The molecule has 0 aromatic carbocycles. The Morgan fingerprint density at radius 2 is 1.85 bits per heavy atom. The highest BCUT2D eigenvalue weighted by Gasteiger charge is 2.42. The summed E-state index contributed by atoms with van der Waals surface area (Å²) >= 11 is 0. The minimum atomic E-state index is -3.62. The summed E-state index contributed by atoms with van der Waals surface area (Å²) in [6.45, 7) is 5.98. The lowest BCUT2D eigenvalue weighted by molar-refractivity contribution is -0.147. The summed E-state index contributed by atoms with van der Waals surface area (Å²) in [5.74, 6) is -2.08. The zero-order chi connectivity index (χ0) is 15.6. The van der Waals surface area contributed by atoms with Gasteiger partial charge in [-0.15, -0.1) is 0 Å². The van der Waals surface area contributed by atoms with Crippen molar-refractivity contribution >= 4 is 21.9 Å². The van der Waals surface area contributed by atoms with E-state index in [4.69, 9.17) is 5.11 Å². The van der Waals surface area contributed by atoms with E-state index in [1.54, 1.807) is 20.8 Å². The number of nitrogens with zero attached hydrogens (tertiary/aromatic N) is 2. The van der Waals surface area contributed by atoms with Crippen molar-refractivity contribution < 1.29 is 23.1 Å². The maximum Gasteiger partial charge on any atom is 0.311 e. The lowest BCUT2D eigenvalue weighted by atomic mass is 9.90. The number of carbonyl (C=O) groups is 2. The molecule has 0 bridgehead atoms. The van der Waals surface area contributed by atoms with Crippen molar-refractivity contribution in [2.75, 3.05) is 31.9 Å². The molecular formula is C12H22N2O5S. The minimum Gasteiger partial charge on any atom is -0.481 e. The van der Waals surface area contributed by atoms with Gasteiger partial charge in [0, 0.05) is 26.2 Å². The summed E-state index contributed by atoms with van der Waals surface area (Å²) in [4.78, 5) is 24.5. The van der Waals surface area contributed by atoms with Crippen molar-refractivity contribution in [3.05, 3.63) is 0 Å². The van der Waals surface area contributed by atoms with Gasteiger partial charge in [0.1, 0.15) is 5.75 Å². The number of rotatable bonds is 6. The lowest BCUT2D eigenvalue weighted by Crippen LogP contribution is -2.42. The third-order valence-corrected chi connectivity index (χ3v) is 5.66. The van der Waals surface area contributed by atoms with Crippen LogP contribution in [0.4, 0.5) is 0 Å². The number of amides is 1. The Balaban J connectivity index is 2.72. The van der Waals surface area contributed by atoms with E-state index in [2.05, 4.69) is 0 Å². The predicted octanol–water partition coefficient (Wildman–Crippen LogP) is -0.0188. The monoisotopic (exact) mass is 306 g/mol. The van der Waals surface area contributed by atoms with Crippen molar-refractivity contribution in [1.29, 1.82) is 0 Å². The molecule has 0 spiro atoms. The van der Waals surface area contributed by atoms with Crippen LogP contribution < -0.4 is 0 Å². The molecule has 1 amide bonds. The maximum absolute atomic E-state index is 12.0. The molecule has 0 aromatic rings. The summed E-state index contributed by atoms with van der Waals surface area (Å²) in [5.41, 5.74) is -0.978. The Bertz CT molecular complexity index is 486. The van der Waals surface area contributed by atoms with Crippen LogP contribution in [0.5, 0.6) is 0 Å². The van der Waals surface area contributed by atoms with Crippen molar-refractivity contribution in [3.63, 3.8) is 0 Å². The first-order chi connectivity index (χ1) is 9.16. The van der Waals surface area contributed by atoms with Crippen LogP contribution >= 0.6 is 0 Å². The van der Waals surface area contributed by atoms with Gasteiger partial charge in [0.15, 0.2) is 0 Å². The minimum absolute atomic E-state index is 0.0644. The Morgan fingerprint density at radius 3 is 2.25 bits per heavy atom. The van der Waals surface area contributed by atoms with E-state index in [0.717, 1.165) is 0 Å².